The van der Waals surface area contributed by atoms with Crippen LogP contribution in [-0.2, 0) is 16.1 Å². The third-order valence-electron chi connectivity index (χ3n) is 5.29. The number of fused-ring (bicyclic) bond motifs is 1. The molecule has 0 saturated carbocycles. The summed E-state index contributed by atoms with van der Waals surface area (Å²) in [6.07, 6.45) is -9.30. The second kappa shape index (κ2) is 9.80. The molecule has 2 heterocycles. The molecule has 1 saturated heterocycles. The lowest BCUT2D eigenvalue weighted by atomic mass is 9.99. The molecule has 0 amide bonds. The van der Waals surface area contributed by atoms with Gasteiger partial charge in [-0.25, -0.2) is 9.59 Å². The van der Waals surface area contributed by atoms with Gasteiger partial charge in [0.05, 0.1) is 5.57 Å². The lowest BCUT2D eigenvalue weighted by Gasteiger charge is -2.29. The predicted molar refractivity (Wildman–Crippen MR) is 105 cm³/mol. The van der Waals surface area contributed by atoms with Crippen LogP contribution in [0.1, 0.15) is 37.8 Å². The molecule has 0 spiro atoms. The van der Waals surface area contributed by atoms with Crippen LogP contribution in [0.15, 0.2) is 17.7 Å². The van der Waals surface area contributed by atoms with Gasteiger partial charge in [-0.1, -0.05) is 11.6 Å². The topological polar surface area (TPSA) is 87.1 Å². The third kappa shape index (κ3) is 6.53. The molecule has 33 heavy (non-hydrogen) atoms. The van der Waals surface area contributed by atoms with Gasteiger partial charge in [0.2, 0.25) is 6.10 Å². The molecule has 2 aliphatic rings. The number of ether oxygens (including phenoxy) is 1. The van der Waals surface area contributed by atoms with E-state index in [0.29, 0.717) is 29.2 Å². The quantitative estimate of drug-likeness (QED) is 0.556. The average Bonchev–Trinajstić information content (AvgIpc) is 2.98. The van der Waals surface area contributed by atoms with Gasteiger partial charge in [-0.05, 0) is 50.5 Å². The van der Waals surface area contributed by atoms with Crippen LogP contribution >= 0.6 is 11.6 Å². The van der Waals surface area contributed by atoms with Crippen LogP contribution in [0.25, 0.3) is 6.08 Å². The zero-order valence-electron chi connectivity index (χ0n) is 17.3. The molecule has 1 fully saturated rings. The van der Waals surface area contributed by atoms with Crippen molar-refractivity contribution < 1.29 is 50.9 Å². The Balaban J connectivity index is 0.000000479. The standard InChI is InChI=1S/C18H19ClF3NO3.C2HF3O2/c1-9-3-4-10(2)23(9)8-12-7-15-11(6-14(12)19)5-13(17(24)25)16(26-15)18(20,21)22;3-2(4,5)1(6)7/h5-7,9-10,16H,3-4,8H2,1-2H3,(H,24,25);(H,6,7). The second-order valence-corrected chi connectivity index (χ2v) is 8.08. The molecular formula is C20H20ClF6NO5. The van der Waals surface area contributed by atoms with Crippen molar-refractivity contribution >= 4 is 29.6 Å². The first-order valence-electron chi connectivity index (χ1n) is 9.58. The van der Waals surface area contributed by atoms with Crippen molar-refractivity contribution in [3.8, 4) is 5.75 Å². The number of carboxylic acid groups (broad SMARTS) is 2. The minimum Gasteiger partial charge on any atom is -0.478 e. The van der Waals surface area contributed by atoms with Crippen LogP contribution in [0, 0.1) is 0 Å². The van der Waals surface area contributed by atoms with Crippen LogP contribution in [0.5, 0.6) is 5.75 Å². The first-order valence-corrected chi connectivity index (χ1v) is 9.96. The fourth-order valence-corrected chi connectivity index (χ4v) is 3.79. The summed E-state index contributed by atoms with van der Waals surface area (Å²) < 4.78 is 76.3. The maximum absolute atomic E-state index is 13.2. The smallest absolute Gasteiger partial charge is 0.478 e. The Kier molecular flexibility index (Phi) is 7.95. The van der Waals surface area contributed by atoms with E-state index in [0.717, 1.165) is 18.9 Å². The number of hydrogen-bond acceptors (Lipinski definition) is 4. The van der Waals surface area contributed by atoms with Crippen LogP contribution in [-0.4, -0.2) is 57.6 Å². The van der Waals surface area contributed by atoms with E-state index in [4.69, 9.17) is 31.3 Å². The number of rotatable bonds is 3. The van der Waals surface area contributed by atoms with E-state index in [1.807, 2.05) is 0 Å². The summed E-state index contributed by atoms with van der Waals surface area (Å²) >= 11 is 6.31. The van der Waals surface area contributed by atoms with Crippen molar-refractivity contribution in [1.82, 2.24) is 4.90 Å². The average molecular weight is 504 g/mol. The van der Waals surface area contributed by atoms with Gasteiger partial charge in [0, 0.05) is 29.2 Å². The van der Waals surface area contributed by atoms with Gasteiger partial charge in [0.25, 0.3) is 0 Å². The van der Waals surface area contributed by atoms with Gasteiger partial charge in [-0.15, -0.1) is 0 Å². The molecule has 0 aliphatic carbocycles. The van der Waals surface area contributed by atoms with Gasteiger partial charge in [-0.3, -0.25) is 4.90 Å². The fourth-order valence-electron chi connectivity index (χ4n) is 3.55. The lowest BCUT2D eigenvalue weighted by molar-refractivity contribution is -0.192. The molecule has 0 bridgehead atoms. The first-order chi connectivity index (χ1) is 15.0. The zero-order valence-corrected chi connectivity index (χ0v) is 18.1. The highest BCUT2D eigenvalue weighted by Gasteiger charge is 2.48. The number of aliphatic carboxylic acids is 2. The van der Waals surface area contributed by atoms with E-state index in [2.05, 4.69) is 18.7 Å². The molecule has 1 aromatic rings. The highest BCUT2D eigenvalue weighted by Crippen LogP contribution is 2.40. The van der Waals surface area contributed by atoms with E-state index in [9.17, 15) is 31.1 Å². The Morgan fingerprint density at radius 1 is 1.09 bits per heavy atom. The van der Waals surface area contributed by atoms with Crippen LogP contribution in [0.4, 0.5) is 26.3 Å². The number of alkyl halides is 6. The maximum Gasteiger partial charge on any atom is 0.490 e. The van der Waals surface area contributed by atoms with E-state index >= 15 is 0 Å². The van der Waals surface area contributed by atoms with E-state index in [-0.39, 0.29) is 11.3 Å². The van der Waals surface area contributed by atoms with Gasteiger partial charge in [0.15, 0.2) is 0 Å². The van der Waals surface area contributed by atoms with Crippen LogP contribution in [0.2, 0.25) is 5.02 Å². The van der Waals surface area contributed by atoms with E-state index in [1.54, 1.807) is 0 Å². The number of carbonyl (C=O) groups is 2. The third-order valence-corrected chi connectivity index (χ3v) is 5.64. The second-order valence-electron chi connectivity index (χ2n) is 7.68. The Hall–Kier alpha value is -2.47. The number of likely N-dealkylation sites (tertiary alicyclic amines) is 1. The Labute approximate surface area is 189 Å². The Bertz CT molecular complexity index is 936. The van der Waals surface area contributed by atoms with Crippen LogP contribution < -0.4 is 4.74 Å². The van der Waals surface area contributed by atoms with Crippen molar-refractivity contribution in [3.63, 3.8) is 0 Å². The lowest BCUT2D eigenvalue weighted by Crippen LogP contribution is -2.40. The summed E-state index contributed by atoms with van der Waals surface area (Å²) in [7, 11) is 0. The van der Waals surface area contributed by atoms with Gasteiger partial charge in [0.1, 0.15) is 5.75 Å². The summed E-state index contributed by atoms with van der Waals surface area (Å²) in [5, 5.41) is 16.6. The number of benzene rings is 1. The summed E-state index contributed by atoms with van der Waals surface area (Å²) in [5.41, 5.74) is 0.0499. The summed E-state index contributed by atoms with van der Waals surface area (Å²) in [6, 6.07) is 3.68. The number of hydrogen-bond donors (Lipinski definition) is 2. The highest BCUT2D eigenvalue weighted by atomic mass is 35.5. The number of carboxylic acids is 2. The van der Waals surface area contributed by atoms with Crippen LogP contribution in [0.3, 0.4) is 0 Å². The SMILES string of the molecule is CC1CCC(C)N1Cc1cc2c(cc1Cl)C=C(C(=O)O)C(C(F)(F)F)O2.O=C(O)C(F)(F)F. The largest absolute Gasteiger partial charge is 0.490 e. The minimum absolute atomic E-state index is 0.00349. The Morgan fingerprint density at radius 3 is 2.03 bits per heavy atom. The normalized spacial score (nSPS) is 23.1. The molecule has 3 rings (SSSR count). The first kappa shape index (κ1) is 26.8. The van der Waals surface area contributed by atoms with E-state index < -0.39 is 36.0 Å². The zero-order chi connectivity index (χ0) is 25.3. The maximum atomic E-state index is 13.2. The van der Waals surface area contributed by atoms with Crippen molar-refractivity contribution in [2.24, 2.45) is 0 Å². The molecular weight excluding hydrogens is 484 g/mol. The molecule has 2 N–H and O–H groups in total. The van der Waals surface area contributed by atoms with Gasteiger partial charge < -0.3 is 14.9 Å². The van der Waals surface area contributed by atoms with Crippen molar-refractivity contribution in [2.75, 3.05) is 0 Å². The Morgan fingerprint density at radius 2 is 1.61 bits per heavy atom. The predicted octanol–water partition coefficient (Wildman–Crippen LogP) is 5.14. The molecule has 3 atom stereocenters. The monoisotopic (exact) mass is 503 g/mol. The summed E-state index contributed by atoms with van der Waals surface area (Å²) in [6.45, 7) is 4.71. The molecule has 3 unspecified atom stereocenters. The number of nitrogens with zero attached hydrogens (tertiary/aromatic N) is 1. The molecule has 13 heteroatoms. The minimum atomic E-state index is -5.08. The molecule has 6 nitrogen and oxygen atoms in total. The number of halogens is 7. The van der Waals surface area contributed by atoms with Gasteiger partial charge in [-0.2, -0.15) is 26.3 Å². The molecule has 184 valence electrons. The van der Waals surface area contributed by atoms with Crippen molar-refractivity contribution in [2.45, 2.75) is 63.8 Å². The van der Waals surface area contributed by atoms with Gasteiger partial charge >= 0.3 is 24.3 Å². The molecule has 0 radical (unpaired) electrons. The van der Waals surface area contributed by atoms with Crippen molar-refractivity contribution in [1.29, 1.82) is 0 Å². The molecule has 1 aromatic carbocycles. The molecule has 2 aliphatic heterocycles. The highest BCUT2D eigenvalue weighted by molar-refractivity contribution is 6.31. The van der Waals surface area contributed by atoms with E-state index in [1.165, 1.54) is 12.1 Å². The van der Waals surface area contributed by atoms with Crippen molar-refractivity contribution in [3.05, 3.63) is 33.9 Å². The summed E-state index contributed by atoms with van der Waals surface area (Å²) in [4.78, 5) is 22.3. The fraction of sp³-hybridized carbons (Fsp3) is 0.500. The molecule has 0 aromatic heterocycles. The summed E-state index contributed by atoms with van der Waals surface area (Å²) in [5.74, 6) is -4.43.